The molecule has 3 rings (SSSR count). The first-order valence-electron chi connectivity index (χ1n) is 7.70. The van der Waals surface area contributed by atoms with Crippen molar-refractivity contribution < 1.29 is 18.0 Å². The predicted octanol–water partition coefficient (Wildman–Crippen LogP) is 6.08. The van der Waals surface area contributed by atoms with Gasteiger partial charge < -0.3 is 4.90 Å². The second-order valence-electron chi connectivity index (χ2n) is 6.23. The van der Waals surface area contributed by atoms with E-state index in [0.29, 0.717) is 11.3 Å². The van der Waals surface area contributed by atoms with Crippen LogP contribution >= 0.6 is 34.8 Å². The molecule has 0 N–H and O–H groups in total. The molecule has 1 fully saturated rings. The number of anilines is 1. The van der Waals surface area contributed by atoms with Crippen molar-refractivity contribution in [1.29, 1.82) is 0 Å². The van der Waals surface area contributed by atoms with E-state index in [2.05, 4.69) is 0 Å². The molecule has 1 aliphatic rings. The summed E-state index contributed by atoms with van der Waals surface area (Å²) in [6.07, 6.45) is -4.59. The Morgan fingerprint density at radius 1 is 1.04 bits per heavy atom. The van der Waals surface area contributed by atoms with Crippen LogP contribution in [0.4, 0.5) is 18.9 Å². The molecule has 0 radical (unpaired) electrons. The lowest BCUT2D eigenvalue weighted by atomic mass is 9.79. The summed E-state index contributed by atoms with van der Waals surface area (Å²) in [5.74, 6) is 0. The van der Waals surface area contributed by atoms with Crippen molar-refractivity contribution in [2.75, 3.05) is 18.0 Å². The van der Waals surface area contributed by atoms with Crippen molar-refractivity contribution in [1.82, 2.24) is 0 Å². The highest BCUT2D eigenvalue weighted by molar-refractivity contribution is 6.67. The minimum Gasteiger partial charge on any atom is -0.370 e. The van der Waals surface area contributed by atoms with Crippen LogP contribution in [0.5, 0.6) is 0 Å². The summed E-state index contributed by atoms with van der Waals surface area (Å²) in [6, 6.07) is 10.2. The zero-order chi connectivity index (χ0) is 19.1. The van der Waals surface area contributed by atoms with Gasteiger partial charge in [-0.1, -0.05) is 23.2 Å². The third-order valence-corrected chi connectivity index (χ3v) is 5.34. The SMILES string of the molecule is O=C(Cl)c1ccc(N2CCC(c3cc(Cl)cc(Cl)c3)(C(F)(F)F)C2)cc1. The van der Waals surface area contributed by atoms with E-state index in [0.717, 1.165) is 0 Å². The Morgan fingerprint density at radius 2 is 1.62 bits per heavy atom. The van der Waals surface area contributed by atoms with Gasteiger partial charge in [-0.15, -0.1) is 0 Å². The van der Waals surface area contributed by atoms with Crippen LogP contribution in [-0.4, -0.2) is 24.5 Å². The first kappa shape index (κ1) is 19.3. The molecule has 1 heterocycles. The molecule has 0 bridgehead atoms. The number of benzene rings is 2. The highest BCUT2D eigenvalue weighted by Crippen LogP contribution is 2.49. The maximum atomic E-state index is 14.0. The second-order valence-corrected chi connectivity index (χ2v) is 7.45. The fourth-order valence-electron chi connectivity index (χ4n) is 3.29. The van der Waals surface area contributed by atoms with Crippen LogP contribution in [0.25, 0.3) is 0 Å². The molecule has 8 heteroatoms. The number of nitrogens with zero attached hydrogens (tertiary/aromatic N) is 1. The highest BCUT2D eigenvalue weighted by Gasteiger charge is 2.59. The van der Waals surface area contributed by atoms with Crippen molar-refractivity contribution in [2.45, 2.75) is 18.0 Å². The van der Waals surface area contributed by atoms with Crippen LogP contribution in [0.2, 0.25) is 10.0 Å². The highest BCUT2D eigenvalue weighted by atomic mass is 35.5. The Labute approximate surface area is 163 Å². The minimum atomic E-state index is -4.47. The van der Waals surface area contributed by atoms with Crippen LogP contribution in [-0.2, 0) is 5.41 Å². The molecule has 2 nitrogen and oxygen atoms in total. The molecule has 0 saturated carbocycles. The molecule has 1 atom stereocenters. The van der Waals surface area contributed by atoms with Gasteiger partial charge in [0.25, 0.3) is 5.24 Å². The molecular weight excluding hydrogens is 410 g/mol. The topological polar surface area (TPSA) is 20.3 Å². The molecule has 0 aliphatic carbocycles. The molecule has 1 unspecified atom stereocenters. The maximum Gasteiger partial charge on any atom is 0.400 e. The standard InChI is InChI=1S/C18H13Cl3F3NO/c19-13-7-12(8-14(20)9-13)17(18(22,23)24)5-6-25(10-17)15-3-1-11(2-4-15)16(21)26/h1-4,7-9H,5-6,10H2. The lowest BCUT2D eigenvalue weighted by Crippen LogP contribution is -2.44. The van der Waals surface area contributed by atoms with E-state index in [9.17, 15) is 18.0 Å². The average Bonchev–Trinajstić information content (AvgIpc) is 3.00. The van der Waals surface area contributed by atoms with Crippen LogP contribution in [0.3, 0.4) is 0 Å². The quantitative estimate of drug-likeness (QED) is 0.559. The van der Waals surface area contributed by atoms with Gasteiger partial charge in [0.05, 0.1) is 0 Å². The lowest BCUT2D eigenvalue weighted by Gasteiger charge is -2.33. The van der Waals surface area contributed by atoms with Gasteiger partial charge >= 0.3 is 6.18 Å². The van der Waals surface area contributed by atoms with Crippen LogP contribution in [0, 0.1) is 0 Å². The van der Waals surface area contributed by atoms with Crippen molar-refractivity contribution in [3.05, 3.63) is 63.6 Å². The first-order valence-corrected chi connectivity index (χ1v) is 8.84. The van der Waals surface area contributed by atoms with E-state index in [-0.39, 0.29) is 35.1 Å². The predicted molar refractivity (Wildman–Crippen MR) is 97.7 cm³/mol. The normalized spacial score (nSPS) is 20.5. The van der Waals surface area contributed by atoms with Crippen molar-refractivity contribution >= 4 is 45.7 Å². The smallest absolute Gasteiger partial charge is 0.370 e. The molecule has 1 aliphatic heterocycles. The molecule has 2 aromatic rings. The number of hydrogen-bond donors (Lipinski definition) is 0. The summed E-state index contributed by atoms with van der Waals surface area (Å²) >= 11 is 17.3. The molecule has 1 saturated heterocycles. The molecule has 0 spiro atoms. The first-order chi connectivity index (χ1) is 12.1. The Balaban J connectivity index is 1.97. The van der Waals surface area contributed by atoms with Gasteiger partial charge in [-0.3, -0.25) is 4.79 Å². The molecule has 0 amide bonds. The van der Waals surface area contributed by atoms with Crippen LogP contribution in [0.1, 0.15) is 22.3 Å². The van der Waals surface area contributed by atoms with Gasteiger partial charge in [0.15, 0.2) is 0 Å². The largest absolute Gasteiger partial charge is 0.400 e. The van der Waals surface area contributed by atoms with Gasteiger partial charge in [0.2, 0.25) is 0 Å². The number of hydrogen-bond acceptors (Lipinski definition) is 2. The summed E-state index contributed by atoms with van der Waals surface area (Å²) in [5, 5.41) is -0.282. The van der Waals surface area contributed by atoms with E-state index in [1.165, 1.54) is 30.3 Å². The van der Waals surface area contributed by atoms with E-state index in [1.807, 2.05) is 0 Å². The van der Waals surface area contributed by atoms with Gasteiger partial charge in [-0.25, -0.2) is 0 Å². The number of carbonyl (C=O) groups excluding carboxylic acids is 1. The Hall–Kier alpha value is -1.43. The molecular formula is C18H13Cl3F3NO. The lowest BCUT2D eigenvalue weighted by molar-refractivity contribution is -0.184. The van der Waals surface area contributed by atoms with E-state index in [4.69, 9.17) is 34.8 Å². The number of halogens is 6. The fourth-order valence-corrected chi connectivity index (χ4v) is 3.95. The van der Waals surface area contributed by atoms with E-state index in [1.54, 1.807) is 17.0 Å². The molecule has 2 aromatic carbocycles. The van der Waals surface area contributed by atoms with Gasteiger partial charge in [-0.05, 0) is 66.0 Å². The van der Waals surface area contributed by atoms with Gasteiger partial charge in [-0.2, -0.15) is 13.2 Å². The van der Waals surface area contributed by atoms with E-state index < -0.39 is 16.8 Å². The summed E-state index contributed by atoms with van der Waals surface area (Å²) < 4.78 is 42.1. The van der Waals surface area contributed by atoms with E-state index >= 15 is 0 Å². The summed E-state index contributed by atoms with van der Waals surface area (Å²) in [7, 11) is 0. The molecule has 0 aromatic heterocycles. The number of carbonyl (C=O) groups is 1. The van der Waals surface area contributed by atoms with Crippen molar-refractivity contribution in [3.63, 3.8) is 0 Å². The average molecular weight is 423 g/mol. The Bertz CT molecular complexity index is 818. The van der Waals surface area contributed by atoms with Crippen LogP contribution < -0.4 is 4.90 Å². The number of rotatable bonds is 3. The zero-order valence-corrected chi connectivity index (χ0v) is 15.6. The third kappa shape index (κ3) is 3.53. The minimum absolute atomic E-state index is 0.0533. The summed E-state index contributed by atoms with van der Waals surface area (Å²) in [6.45, 7) is -0.0564. The van der Waals surface area contributed by atoms with Gasteiger partial charge in [0.1, 0.15) is 5.41 Å². The summed E-state index contributed by atoms with van der Waals surface area (Å²) in [4.78, 5) is 12.8. The van der Waals surface area contributed by atoms with Crippen LogP contribution in [0.15, 0.2) is 42.5 Å². The maximum absolute atomic E-state index is 14.0. The Kier molecular flexibility index (Phi) is 5.17. The third-order valence-electron chi connectivity index (χ3n) is 4.69. The zero-order valence-electron chi connectivity index (χ0n) is 13.3. The van der Waals surface area contributed by atoms with Crippen molar-refractivity contribution in [2.24, 2.45) is 0 Å². The monoisotopic (exact) mass is 421 g/mol. The second kappa shape index (κ2) is 6.95. The molecule has 138 valence electrons. The fraction of sp³-hybridized carbons (Fsp3) is 0.278. The summed E-state index contributed by atoms with van der Waals surface area (Å²) in [5.41, 5.74) is -1.13. The van der Waals surface area contributed by atoms with Gasteiger partial charge in [0, 0.05) is 34.4 Å². The number of alkyl halides is 3. The molecule has 26 heavy (non-hydrogen) atoms. The van der Waals surface area contributed by atoms with Crippen molar-refractivity contribution in [3.8, 4) is 0 Å². The Morgan fingerprint density at radius 3 is 2.12 bits per heavy atom.